The first-order valence-electron chi connectivity index (χ1n) is 9.81. The van der Waals surface area contributed by atoms with Crippen LogP contribution < -0.4 is 0 Å². The molecule has 4 heteroatoms. The minimum Gasteiger partial charge on any atom is -0.377 e. The Morgan fingerprint density at radius 3 is 2.68 bits per heavy atom. The summed E-state index contributed by atoms with van der Waals surface area (Å²) in [6.07, 6.45) is 8.72. The molecule has 4 saturated carbocycles. The average molecular weight is 350 g/mol. The van der Waals surface area contributed by atoms with Crippen LogP contribution >= 0.6 is 0 Å². The van der Waals surface area contributed by atoms with E-state index in [1.807, 2.05) is 6.92 Å². The van der Waals surface area contributed by atoms with Gasteiger partial charge >= 0.3 is 0 Å². The van der Waals surface area contributed by atoms with Crippen LogP contribution in [0.5, 0.6) is 0 Å². The van der Waals surface area contributed by atoms with Crippen molar-refractivity contribution in [2.75, 3.05) is 0 Å². The van der Waals surface area contributed by atoms with E-state index in [4.69, 9.17) is 6.42 Å². The normalized spacial score (nSPS) is 52.2. The smallest absolute Gasteiger partial charge is 0.241 e. The van der Waals surface area contributed by atoms with Gasteiger partial charge < -0.3 is 5.11 Å². The second-order valence-corrected chi connectivity index (χ2v) is 9.29. The number of carbonyl (C=O) groups is 1. The summed E-state index contributed by atoms with van der Waals surface area (Å²) in [5.74, 6) is 3.14. The molecular formula is C21H28F2O2. The zero-order chi connectivity index (χ0) is 18.0. The Morgan fingerprint density at radius 1 is 1.24 bits per heavy atom. The summed E-state index contributed by atoms with van der Waals surface area (Å²) in [4.78, 5) is 11.8. The molecule has 4 aliphatic rings. The molecule has 0 aliphatic heterocycles. The zero-order valence-corrected chi connectivity index (χ0v) is 14.9. The van der Waals surface area contributed by atoms with Crippen molar-refractivity contribution in [1.29, 1.82) is 0 Å². The van der Waals surface area contributed by atoms with Crippen molar-refractivity contribution in [2.24, 2.45) is 40.9 Å². The summed E-state index contributed by atoms with van der Waals surface area (Å²) < 4.78 is 28.2. The van der Waals surface area contributed by atoms with E-state index in [0.29, 0.717) is 37.4 Å². The molecule has 0 saturated heterocycles. The van der Waals surface area contributed by atoms with Gasteiger partial charge in [0.1, 0.15) is 11.4 Å². The van der Waals surface area contributed by atoms with Gasteiger partial charge in [-0.2, -0.15) is 0 Å². The van der Waals surface area contributed by atoms with E-state index in [-0.39, 0.29) is 23.7 Å². The Labute approximate surface area is 148 Å². The third-order valence-electron chi connectivity index (χ3n) is 8.53. The highest BCUT2D eigenvalue weighted by Crippen LogP contribution is 2.67. The topological polar surface area (TPSA) is 37.3 Å². The van der Waals surface area contributed by atoms with Crippen LogP contribution in [-0.4, -0.2) is 22.9 Å². The number of carbonyl (C=O) groups excluding carboxylic acids is 1. The number of hydrogen-bond acceptors (Lipinski definition) is 2. The van der Waals surface area contributed by atoms with E-state index >= 15 is 0 Å². The van der Waals surface area contributed by atoms with Crippen LogP contribution in [0.25, 0.3) is 0 Å². The van der Waals surface area contributed by atoms with Crippen LogP contribution in [0.4, 0.5) is 8.78 Å². The summed E-state index contributed by atoms with van der Waals surface area (Å²) in [7, 11) is 0. The lowest BCUT2D eigenvalue weighted by atomic mass is 9.46. The fourth-order valence-electron chi connectivity index (χ4n) is 7.35. The average Bonchev–Trinajstić information content (AvgIpc) is 2.85. The molecule has 4 fully saturated rings. The SMILES string of the molecule is C#C[C@]1(O)CCC2C3CCC4CC(=O)CCC4C3[C@@H](C(F)F)C[C@@]21C. The van der Waals surface area contributed by atoms with Gasteiger partial charge in [0.15, 0.2) is 0 Å². The second kappa shape index (κ2) is 5.78. The van der Waals surface area contributed by atoms with Crippen molar-refractivity contribution in [2.45, 2.75) is 70.3 Å². The van der Waals surface area contributed by atoms with Crippen LogP contribution in [0.15, 0.2) is 0 Å². The highest BCUT2D eigenvalue weighted by atomic mass is 19.3. The molecule has 0 aromatic rings. The number of fused-ring (bicyclic) bond motifs is 5. The van der Waals surface area contributed by atoms with Gasteiger partial charge in [0.05, 0.1) is 0 Å². The molecular weight excluding hydrogens is 322 g/mol. The molecule has 2 nitrogen and oxygen atoms in total. The third-order valence-corrected chi connectivity index (χ3v) is 8.53. The highest BCUT2D eigenvalue weighted by Gasteiger charge is 2.65. The van der Waals surface area contributed by atoms with Gasteiger partial charge in [-0.25, -0.2) is 8.78 Å². The van der Waals surface area contributed by atoms with Gasteiger partial charge in [-0.05, 0) is 68.1 Å². The molecule has 0 aromatic heterocycles. The summed E-state index contributed by atoms with van der Waals surface area (Å²) in [6.45, 7) is 1.95. The van der Waals surface area contributed by atoms with Crippen LogP contribution in [0, 0.1) is 53.3 Å². The standard InChI is InChI=1S/C21H28F2O2/c1-3-21(25)9-8-17-15-6-4-12-10-13(24)5-7-14(12)18(15)16(19(22)23)11-20(17,21)2/h1,12,14-19,25H,4-11H2,2H3/t12?,14?,15?,16-,17?,18?,20-,21-/m0/s1. The van der Waals surface area contributed by atoms with Gasteiger partial charge in [-0.15, -0.1) is 6.42 Å². The predicted octanol–water partition coefficient (Wildman–Crippen LogP) is 4.06. The minimum atomic E-state index is -2.38. The fraction of sp³-hybridized carbons (Fsp3) is 0.857. The number of alkyl halides is 2. The first-order valence-corrected chi connectivity index (χ1v) is 9.81. The number of ketones is 1. The predicted molar refractivity (Wildman–Crippen MR) is 90.8 cm³/mol. The molecule has 4 aliphatic carbocycles. The molecule has 25 heavy (non-hydrogen) atoms. The lowest BCUT2D eigenvalue weighted by Crippen LogP contribution is -2.57. The Hall–Kier alpha value is -0.950. The quantitative estimate of drug-likeness (QED) is 0.724. The molecule has 0 spiro atoms. The van der Waals surface area contributed by atoms with Gasteiger partial charge in [0.2, 0.25) is 6.43 Å². The first-order chi connectivity index (χ1) is 11.8. The number of halogens is 2. The van der Waals surface area contributed by atoms with Gasteiger partial charge in [-0.3, -0.25) is 4.79 Å². The summed E-state index contributed by atoms with van der Waals surface area (Å²) in [5.41, 5.74) is -1.86. The molecule has 4 rings (SSSR count). The number of terminal acetylenes is 1. The van der Waals surface area contributed by atoms with E-state index in [1.165, 1.54) is 0 Å². The lowest BCUT2D eigenvalue weighted by molar-refractivity contribution is -0.163. The van der Waals surface area contributed by atoms with Gasteiger partial charge in [-0.1, -0.05) is 12.8 Å². The van der Waals surface area contributed by atoms with Crippen molar-refractivity contribution in [1.82, 2.24) is 0 Å². The van der Waals surface area contributed by atoms with Gasteiger partial charge in [0, 0.05) is 24.2 Å². The molecule has 8 atom stereocenters. The summed E-state index contributed by atoms with van der Waals surface area (Å²) in [5, 5.41) is 11.0. The van der Waals surface area contributed by atoms with Crippen molar-refractivity contribution in [3.63, 3.8) is 0 Å². The Bertz CT molecular complexity index is 612. The van der Waals surface area contributed by atoms with Gasteiger partial charge in [0.25, 0.3) is 0 Å². The molecule has 5 unspecified atom stereocenters. The monoisotopic (exact) mass is 350 g/mol. The largest absolute Gasteiger partial charge is 0.377 e. The van der Waals surface area contributed by atoms with Crippen LogP contribution in [0.2, 0.25) is 0 Å². The fourth-order valence-corrected chi connectivity index (χ4v) is 7.35. The minimum absolute atomic E-state index is 0.00921. The maximum Gasteiger partial charge on any atom is 0.241 e. The molecule has 138 valence electrons. The number of hydrogen-bond donors (Lipinski definition) is 1. The number of aliphatic hydroxyl groups is 1. The molecule has 1 N–H and O–H groups in total. The summed E-state index contributed by atoms with van der Waals surface area (Å²) >= 11 is 0. The van der Waals surface area contributed by atoms with E-state index in [1.54, 1.807) is 0 Å². The molecule has 0 heterocycles. The first kappa shape index (κ1) is 17.5. The van der Waals surface area contributed by atoms with Crippen LogP contribution in [0.3, 0.4) is 0 Å². The molecule has 0 aromatic carbocycles. The Morgan fingerprint density at radius 2 is 2.00 bits per heavy atom. The lowest BCUT2D eigenvalue weighted by Gasteiger charge is -2.59. The molecule has 0 bridgehead atoms. The maximum atomic E-state index is 14.1. The molecule has 0 amide bonds. The molecule has 0 radical (unpaired) electrons. The number of Topliss-reactive ketones (excluding diaryl/α,β-unsaturated/α-hetero) is 1. The Kier molecular flexibility index (Phi) is 4.03. The second-order valence-electron chi connectivity index (χ2n) is 9.29. The summed E-state index contributed by atoms with van der Waals surface area (Å²) in [6, 6.07) is 0. The van der Waals surface area contributed by atoms with Crippen molar-refractivity contribution >= 4 is 5.78 Å². The van der Waals surface area contributed by atoms with Crippen molar-refractivity contribution in [3.8, 4) is 12.3 Å². The highest BCUT2D eigenvalue weighted by molar-refractivity contribution is 5.79. The van der Waals surface area contributed by atoms with E-state index in [9.17, 15) is 18.7 Å². The van der Waals surface area contributed by atoms with Crippen molar-refractivity contribution < 1.29 is 18.7 Å². The van der Waals surface area contributed by atoms with Crippen LogP contribution in [-0.2, 0) is 4.79 Å². The van der Waals surface area contributed by atoms with Crippen LogP contribution in [0.1, 0.15) is 58.3 Å². The van der Waals surface area contributed by atoms with E-state index in [2.05, 4.69) is 5.92 Å². The van der Waals surface area contributed by atoms with E-state index < -0.39 is 23.4 Å². The zero-order valence-electron chi connectivity index (χ0n) is 14.9. The maximum absolute atomic E-state index is 14.1. The third kappa shape index (κ3) is 2.34. The Balaban J connectivity index is 1.72. The number of rotatable bonds is 1. The van der Waals surface area contributed by atoms with E-state index in [0.717, 1.165) is 25.7 Å². The van der Waals surface area contributed by atoms with Crippen molar-refractivity contribution in [3.05, 3.63) is 0 Å².